The van der Waals surface area contributed by atoms with Gasteiger partial charge in [0.05, 0.1) is 12.7 Å². The molecule has 0 bridgehead atoms. The Labute approximate surface area is 113 Å². The van der Waals surface area contributed by atoms with Crippen molar-refractivity contribution in [2.75, 3.05) is 26.4 Å². The molecular weight excluding hydrogens is 248 g/mol. The summed E-state index contributed by atoms with van der Waals surface area (Å²) in [5.74, 6) is 0.520. The largest absolute Gasteiger partial charge is 0.491 e. The second-order valence-electron chi connectivity index (χ2n) is 4.06. The number of ether oxygens (including phenoxy) is 2. The smallest absolute Gasteiger partial charge is 0.125 e. The molecule has 0 aliphatic heterocycles. The Balaban J connectivity index is 2.86. The van der Waals surface area contributed by atoms with E-state index in [2.05, 4.69) is 0 Å². The summed E-state index contributed by atoms with van der Waals surface area (Å²) in [6.07, 6.45) is -1.00. The molecule has 5 nitrogen and oxygen atoms in total. The highest BCUT2D eigenvalue weighted by molar-refractivity contribution is 5.35. The number of hydrogen-bond donors (Lipinski definition) is 3. The minimum absolute atomic E-state index is 0.0542. The summed E-state index contributed by atoms with van der Waals surface area (Å²) in [5, 5.41) is 28.1. The third-order valence-corrected chi connectivity index (χ3v) is 2.73. The molecule has 0 spiro atoms. The molecule has 0 aliphatic carbocycles. The van der Waals surface area contributed by atoms with E-state index >= 15 is 0 Å². The van der Waals surface area contributed by atoms with Crippen molar-refractivity contribution in [1.82, 2.24) is 0 Å². The zero-order valence-corrected chi connectivity index (χ0v) is 11.2. The predicted molar refractivity (Wildman–Crippen MR) is 71.1 cm³/mol. The number of para-hydroxylation sites is 1. The van der Waals surface area contributed by atoms with Crippen molar-refractivity contribution in [2.24, 2.45) is 0 Å². The molecule has 1 aromatic carbocycles. The van der Waals surface area contributed by atoms with Gasteiger partial charge in [-0.15, -0.1) is 0 Å². The minimum atomic E-state index is -0.873. The zero-order valence-electron chi connectivity index (χ0n) is 11.2. The van der Waals surface area contributed by atoms with Gasteiger partial charge in [-0.3, -0.25) is 0 Å². The average molecular weight is 270 g/mol. The summed E-state index contributed by atoms with van der Waals surface area (Å²) in [5.41, 5.74) is 0.600. The van der Waals surface area contributed by atoms with Crippen molar-refractivity contribution in [1.29, 1.82) is 0 Å². The van der Waals surface area contributed by atoms with Crippen LogP contribution in [-0.4, -0.2) is 47.9 Å². The van der Waals surface area contributed by atoms with Crippen LogP contribution in [0.1, 0.15) is 25.0 Å². The lowest BCUT2D eigenvalue weighted by molar-refractivity contribution is -0.0458. The minimum Gasteiger partial charge on any atom is -0.491 e. The normalized spacial score (nSPS) is 14.1. The molecule has 0 saturated heterocycles. The lowest BCUT2D eigenvalue weighted by atomic mass is 10.0. The van der Waals surface area contributed by atoms with Crippen molar-refractivity contribution in [3.05, 3.63) is 29.8 Å². The van der Waals surface area contributed by atoms with Gasteiger partial charge in [-0.05, 0) is 19.4 Å². The highest BCUT2D eigenvalue weighted by atomic mass is 16.5. The van der Waals surface area contributed by atoms with Crippen LogP contribution in [0.25, 0.3) is 0 Å². The number of aliphatic hydroxyl groups excluding tert-OH is 3. The Morgan fingerprint density at radius 1 is 1.16 bits per heavy atom. The number of aliphatic hydroxyl groups is 3. The summed E-state index contributed by atoms with van der Waals surface area (Å²) in [6, 6.07) is 7.08. The molecule has 0 radical (unpaired) electrons. The van der Waals surface area contributed by atoms with Gasteiger partial charge in [-0.1, -0.05) is 18.2 Å². The molecule has 0 saturated carbocycles. The van der Waals surface area contributed by atoms with Gasteiger partial charge in [-0.25, -0.2) is 0 Å². The fourth-order valence-corrected chi connectivity index (χ4v) is 1.89. The second-order valence-corrected chi connectivity index (χ2v) is 4.06. The van der Waals surface area contributed by atoms with Gasteiger partial charge in [-0.2, -0.15) is 0 Å². The average Bonchev–Trinajstić information content (AvgIpc) is 2.44. The molecule has 2 atom stereocenters. The van der Waals surface area contributed by atoms with Crippen molar-refractivity contribution >= 4 is 0 Å². The monoisotopic (exact) mass is 270 g/mol. The quantitative estimate of drug-likeness (QED) is 0.621. The maximum Gasteiger partial charge on any atom is 0.125 e. The Hall–Kier alpha value is -1.14. The SMILES string of the molecule is CCO[C@H](CCO)[C@H](O)c1ccccc1OCCO. The van der Waals surface area contributed by atoms with Gasteiger partial charge in [0.2, 0.25) is 0 Å². The van der Waals surface area contributed by atoms with Gasteiger partial charge < -0.3 is 24.8 Å². The molecule has 108 valence electrons. The van der Waals surface area contributed by atoms with Gasteiger partial charge >= 0.3 is 0 Å². The molecular formula is C14H22O5. The predicted octanol–water partition coefficient (Wildman–Crippen LogP) is 0.879. The molecule has 0 amide bonds. The summed E-state index contributed by atoms with van der Waals surface area (Å²) >= 11 is 0. The van der Waals surface area contributed by atoms with E-state index in [0.717, 1.165) is 0 Å². The molecule has 3 N–H and O–H groups in total. The van der Waals surface area contributed by atoms with Crippen LogP contribution < -0.4 is 4.74 Å². The third-order valence-electron chi connectivity index (χ3n) is 2.73. The van der Waals surface area contributed by atoms with Crippen molar-refractivity contribution < 1.29 is 24.8 Å². The first-order valence-electron chi connectivity index (χ1n) is 6.47. The molecule has 19 heavy (non-hydrogen) atoms. The first-order chi connectivity index (χ1) is 9.24. The molecule has 0 unspecified atom stereocenters. The van der Waals surface area contributed by atoms with E-state index in [9.17, 15) is 5.11 Å². The van der Waals surface area contributed by atoms with Crippen LogP contribution >= 0.6 is 0 Å². The molecule has 0 aromatic heterocycles. The van der Waals surface area contributed by atoms with E-state index in [-0.39, 0.29) is 19.8 Å². The van der Waals surface area contributed by atoms with Gasteiger partial charge in [0, 0.05) is 18.8 Å². The zero-order chi connectivity index (χ0) is 14.1. The molecule has 5 heteroatoms. The molecule has 1 aromatic rings. The summed E-state index contributed by atoms with van der Waals surface area (Å²) in [4.78, 5) is 0. The Morgan fingerprint density at radius 2 is 1.89 bits per heavy atom. The molecule has 1 rings (SSSR count). The van der Waals surface area contributed by atoms with E-state index < -0.39 is 12.2 Å². The van der Waals surface area contributed by atoms with Gasteiger partial charge in [0.1, 0.15) is 18.5 Å². The highest BCUT2D eigenvalue weighted by Crippen LogP contribution is 2.29. The van der Waals surface area contributed by atoms with E-state index in [4.69, 9.17) is 19.7 Å². The fourth-order valence-electron chi connectivity index (χ4n) is 1.89. The molecule has 0 heterocycles. The standard InChI is InChI=1S/C14H22O5/c1-2-18-13(7-8-15)14(17)11-5-3-4-6-12(11)19-10-9-16/h3-6,13-17H,2,7-10H2,1H3/t13-,14-/m1/s1. The number of hydrogen-bond acceptors (Lipinski definition) is 5. The van der Waals surface area contributed by atoms with Crippen LogP contribution in [0, 0.1) is 0 Å². The summed E-state index contributed by atoms with van der Waals surface area (Å²) < 4.78 is 10.8. The maximum absolute atomic E-state index is 10.3. The second kappa shape index (κ2) is 8.87. The van der Waals surface area contributed by atoms with Gasteiger partial charge in [0.15, 0.2) is 0 Å². The van der Waals surface area contributed by atoms with Crippen molar-refractivity contribution in [2.45, 2.75) is 25.6 Å². The van der Waals surface area contributed by atoms with Crippen LogP contribution in [-0.2, 0) is 4.74 Å². The molecule has 0 fully saturated rings. The Bertz CT molecular complexity index is 349. The van der Waals surface area contributed by atoms with E-state index in [1.165, 1.54) is 0 Å². The number of benzene rings is 1. The van der Waals surface area contributed by atoms with Crippen LogP contribution in [0.5, 0.6) is 5.75 Å². The van der Waals surface area contributed by atoms with Crippen molar-refractivity contribution in [3.63, 3.8) is 0 Å². The summed E-state index contributed by atoms with van der Waals surface area (Å²) in [6.45, 7) is 2.33. The molecule has 0 aliphatic rings. The fraction of sp³-hybridized carbons (Fsp3) is 0.571. The first kappa shape index (κ1) is 15.9. The Kier molecular flexibility index (Phi) is 7.43. The number of rotatable bonds is 9. The van der Waals surface area contributed by atoms with Crippen LogP contribution in [0.15, 0.2) is 24.3 Å². The van der Waals surface area contributed by atoms with E-state index in [1.54, 1.807) is 24.3 Å². The van der Waals surface area contributed by atoms with E-state index in [1.807, 2.05) is 6.92 Å². The van der Waals surface area contributed by atoms with Crippen LogP contribution in [0.3, 0.4) is 0 Å². The third kappa shape index (κ3) is 4.80. The van der Waals surface area contributed by atoms with Crippen LogP contribution in [0.2, 0.25) is 0 Å². The van der Waals surface area contributed by atoms with Crippen LogP contribution in [0.4, 0.5) is 0 Å². The Morgan fingerprint density at radius 3 is 2.53 bits per heavy atom. The van der Waals surface area contributed by atoms with Gasteiger partial charge in [0.25, 0.3) is 0 Å². The lowest BCUT2D eigenvalue weighted by Gasteiger charge is -2.24. The summed E-state index contributed by atoms with van der Waals surface area (Å²) in [7, 11) is 0. The highest BCUT2D eigenvalue weighted by Gasteiger charge is 2.23. The maximum atomic E-state index is 10.3. The van der Waals surface area contributed by atoms with E-state index in [0.29, 0.717) is 24.3 Å². The van der Waals surface area contributed by atoms with Crippen molar-refractivity contribution in [3.8, 4) is 5.75 Å². The first-order valence-corrected chi connectivity index (χ1v) is 6.47. The topological polar surface area (TPSA) is 79.2 Å². The lowest BCUT2D eigenvalue weighted by Crippen LogP contribution is -2.24.